The maximum absolute atomic E-state index is 11.1. The van der Waals surface area contributed by atoms with Crippen LogP contribution in [0.3, 0.4) is 0 Å². The van der Waals surface area contributed by atoms with Crippen LogP contribution in [-0.2, 0) is 0 Å². The van der Waals surface area contributed by atoms with E-state index in [2.05, 4.69) is 6.58 Å². The smallest absolute Gasteiger partial charge is 0.177 e. The SMILES string of the molecule is C=C(C)c1ccc(C(=O)CCl)cc1. The Morgan fingerprint density at radius 1 is 1.31 bits per heavy atom. The van der Waals surface area contributed by atoms with Crippen molar-refractivity contribution in [3.63, 3.8) is 0 Å². The van der Waals surface area contributed by atoms with Crippen molar-refractivity contribution in [1.29, 1.82) is 0 Å². The molecule has 0 saturated carbocycles. The van der Waals surface area contributed by atoms with Gasteiger partial charge in [-0.25, -0.2) is 0 Å². The summed E-state index contributed by atoms with van der Waals surface area (Å²) >= 11 is 5.42. The van der Waals surface area contributed by atoms with Crippen LogP contribution in [0.1, 0.15) is 22.8 Å². The topological polar surface area (TPSA) is 17.1 Å². The Hall–Kier alpha value is -1.08. The quantitative estimate of drug-likeness (QED) is 0.534. The van der Waals surface area contributed by atoms with Crippen molar-refractivity contribution in [3.05, 3.63) is 42.0 Å². The third kappa shape index (κ3) is 2.43. The van der Waals surface area contributed by atoms with Crippen LogP contribution < -0.4 is 0 Å². The second-order valence-corrected chi connectivity index (χ2v) is 3.18. The molecule has 0 heterocycles. The van der Waals surface area contributed by atoms with Crippen LogP contribution in [0.2, 0.25) is 0 Å². The molecule has 68 valence electrons. The van der Waals surface area contributed by atoms with Crippen LogP contribution >= 0.6 is 11.6 Å². The van der Waals surface area contributed by atoms with Crippen molar-refractivity contribution in [2.24, 2.45) is 0 Å². The summed E-state index contributed by atoms with van der Waals surface area (Å²) in [6.07, 6.45) is 0. The van der Waals surface area contributed by atoms with Gasteiger partial charge in [0.1, 0.15) is 0 Å². The van der Waals surface area contributed by atoms with Crippen LogP contribution in [-0.4, -0.2) is 11.7 Å². The first-order valence-corrected chi connectivity index (χ1v) is 4.53. The molecule has 0 aliphatic heterocycles. The number of allylic oxidation sites excluding steroid dienone is 1. The summed E-state index contributed by atoms with van der Waals surface area (Å²) in [5, 5.41) is 0. The number of alkyl halides is 1. The highest BCUT2D eigenvalue weighted by atomic mass is 35.5. The lowest BCUT2D eigenvalue weighted by Crippen LogP contribution is -1.99. The number of benzene rings is 1. The fourth-order valence-corrected chi connectivity index (χ4v) is 1.17. The van der Waals surface area contributed by atoms with Gasteiger partial charge in [-0.3, -0.25) is 4.79 Å². The standard InChI is InChI=1S/C11H11ClO/c1-8(2)9-3-5-10(6-4-9)11(13)7-12/h3-6H,1,7H2,2H3. The molecule has 0 spiro atoms. The Bertz CT molecular complexity index is 324. The first-order chi connectivity index (χ1) is 6.15. The average Bonchev–Trinajstić information content (AvgIpc) is 2.17. The van der Waals surface area contributed by atoms with Gasteiger partial charge in [0.2, 0.25) is 0 Å². The molecule has 0 aliphatic rings. The predicted molar refractivity (Wildman–Crippen MR) is 56.2 cm³/mol. The molecule has 0 unspecified atom stereocenters. The third-order valence-corrected chi connectivity index (χ3v) is 2.06. The van der Waals surface area contributed by atoms with Crippen LogP contribution in [0, 0.1) is 0 Å². The minimum Gasteiger partial charge on any atom is -0.293 e. The number of carbonyl (C=O) groups is 1. The first-order valence-electron chi connectivity index (χ1n) is 4.00. The van der Waals surface area contributed by atoms with Crippen molar-refractivity contribution < 1.29 is 4.79 Å². The van der Waals surface area contributed by atoms with E-state index in [4.69, 9.17) is 11.6 Å². The zero-order chi connectivity index (χ0) is 9.84. The lowest BCUT2D eigenvalue weighted by molar-refractivity contribution is 0.102. The number of hydrogen-bond acceptors (Lipinski definition) is 1. The van der Waals surface area contributed by atoms with Crippen LogP contribution in [0.15, 0.2) is 30.8 Å². The van der Waals surface area contributed by atoms with Gasteiger partial charge in [0, 0.05) is 5.56 Å². The highest BCUT2D eigenvalue weighted by molar-refractivity contribution is 6.30. The molecular formula is C11H11ClO. The van der Waals surface area contributed by atoms with Gasteiger partial charge in [0.25, 0.3) is 0 Å². The summed E-state index contributed by atoms with van der Waals surface area (Å²) in [6.45, 7) is 5.74. The Morgan fingerprint density at radius 2 is 1.77 bits per heavy atom. The van der Waals surface area contributed by atoms with E-state index in [1.54, 1.807) is 12.1 Å². The van der Waals surface area contributed by atoms with Crippen LogP contribution in [0.4, 0.5) is 0 Å². The summed E-state index contributed by atoms with van der Waals surface area (Å²) in [6, 6.07) is 7.30. The highest BCUT2D eigenvalue weighted by Gasteiger charge is 2.02. The lowest BCUT2D eigenvalue weighted by atomic mass is 10.1. The second kappa shape index (κ2) is 4.24. The zero-order valence-corrected chi connectivity index (χ0v) is 8.27. The second-order valence-electron chi connectivity index (χ2n) is 2.91. The van der Waals surface area contributed by atoms with Crippen LogP contribution in [0.25, 0.3) is 5.57 Å². The Morgan fingerprint density at radius 3 is 2.15 bits per heavy atom. The molecule has 0 atom stereocenters. The summed E-state index contributed by atoms with van der Waals surface area (Å²) in [4.78, 5) is 11.1. The summed E-state index contributed by atoms with van der Waals surface area (Å²) < 4.78 is 0. The van der Waals surface area contributed by atoms with Crippen molar-refractivity contribution in [1.82, 2.24) is 0 Å². The monoisotopic (exact) mass is 194 g/mol. The van der Waals surface area contributed by atoms with Gasteiger partial charge < -0.3 is 0 Å². The van der Waals surface area contributed by atoms with E-state index in [1.165, 1.54) is 0 Å². The number of hydrogen-bond donors (Lipinski definition) is 0. The lowest BCUT2D eigenvalue weighted by Gasteiger charge is -2.00. The van der Waals surface area contributed by atoms with Crippen molar-refractivity contribution in [3.8, 4) is 0 Å². The van der Waals surface area contributed by atoms with Gasteiger partial charge in [-0.05, 0) is 12.5 Å². The third-order valence-electron chi connectivity index (χ3n) is 1.82. The number of halogens is 1. The Kier molecular flexibility index (Phi) is 3.26. The molecule has 1 aromatic rings. The molecule has 0 fully saturated rings. The molecule has 0 amide bonds. The fourth-order valence-electron chi connectivity index (χ4n) is 1.02. The van der Waals surface area contributed by atoms with Crippen molar-refractivity contribution in [2.75, 3.05) is 5.88 Å². The molecule has 0 N–H and O–H groups in total. The fraction of sp³-hybridized carbons (Fsp3) is 0.182. The minimum atomic E-state index is -0.0464. The summed E-state index contributed by atoms with van der Waals surface area (Å²) in [5.74, 6) is -0.0122. The molecule has 1 aromatic carbocycles. The van der Waals surface area contributed by atoms with E-state index >= 15 is 0 Å². The minimum absolute atomic E-state index is 0.0341. The van der Waals surface area contributed by atoms with E-state index < -0.39 is 0 Å². The molecular weight excluding hydrogens is 184 g/mol. The molecule has 0 aliphatic carbocycles. The van der Waals surface area contributed by atoms with Crippen molar-refractivity contribution in [2.45, 2.75) is 6.92 Å². The number of carbonyl (C=O) groups excluding carboxylic acids is 1. The summed E-state index contributed by atoms with van der Waals surface area (Å²) in [5.41, 5.74) is 2.69. The van der Waals surface area contributed by atoms with E-state index in [1.807, 2.05) is 19.1 Å². The Balaban J connectivity index is 2.93. The van der Waals surface area contributed by atoms with Gasteiger partial charge in [-0.1, -0.05) is 36.4 Å². The molecule has 0 aromatic heterocycles. The molecule has 2 heteroatoms. The van der Waals surface area contributed by atoms with Crippen molar-refractivity contribution >= 4 is 23.0 Å². The molecule has 0 radical (unpaired) electrons. The largest absolute Gasteiger partial charge is 0.293 e. The highest BCUT2D eigenvalue weighted by Crippen LogP contribution is 2.12. The van der Waals surface area contributed by atoms with Gasteiger partial charge in [-0.15, -0.1) is 11.6 Å². The average molecular weight is 195 g/mol. The van der Waals surface area contributed by atoms with Gasteiger partial charge in [0.05, 0.1) is 5.88 Å². The molecule has 1 rings (SSSR count). The zero-order valence-electron chi connectivity index (χ0n) is 7.51. The van der Waals surface area contributed by atoms with E-state index in [9.17, 15) is 4.79 Å². The number of rotatable bonds is 3. The van der Waals surface area contributed by atoms with E-state index in [0.717, 1.165) is 11.1 Å². The Labute approximate surface area is 83.0 Å². The molecule has 13 heavy (non-hydrogen) atoms. The number of ketones is 1. The van der Waals surface area contributed by atoms with Gasteiger partial charge >= 0.3 is 0 Å². The number of Topliss-reactive ketones (excluding diaryl/α,β-unsaturated/α-hetero) is 1. The van der Waals surface area contributed by atoms with Crippen LogP contribution in [0.5, 0.6) is 0 Å². The first kappa shape index (κ1) is 10.0. The maximum atomic E-state index is 11.1. The maximum Gasteiger partial charge on any atom is 0.177 e. The molecule has 1 nitrogen and oxygen atoms in total. The molecule has 0 bridgehead atoms. The predicted octanol–water partition coefficient (Wildman–Crippen LogP) is 3.14. The van der Waals surface area contributed by atoms with E-state index in [-0.39, 0.29) is 11.7 Å². The normalized spacial score (nSPS) is 9.69. The van der Waals surface area contributed by atoms with Gasteiger partial charge in [0.15, 0.2) is 5.78 Å². The molecule has 0 saturated heterocycles. The van der Waals surface area contributed by atoms with Gasteiger partial charge in [-0.2, -0.15) is 0 Å². The summed E-state index contributed by atoms with van der Waals surface area (Å²) in [7, 11) is 0. The van der Waals surface area contributed by atoms with E-state index in [0.29, 0.717) is 5.56 Å².